The summed E-state index contributed by atoms with van der Waals surface area (Å²) in [4.78, 5) is 23.3. The highest BCUT2D eigenvalue weighted by atomic mass is 16.4. The molecule has 0 radical (unpaired) electrons. The van der Waals surface area contributed by atoms with Crippen molar-refractivity contribution in [3.63, 3.8) is 0 Å². The molecule has 2 fully saturated rings. The van der Waals surface area contributed by atoms with Gasteiger partial charge in [-0.1, -0.05) is 41.5 Å². The fraction of sp³-hybridized carbons (Fsp3) is 0.857. The van der Waals surface area contributed by atoms with Crippen molar-refractivity contribution >= 4 is 11.9 Å². The van der Waals surface area contributed by atoms with Crippen molar-refractivity contribution in [1.82, 2.24) is 5.32 Å². The van der Waals surface area contributed by atoms with Gasteiger partial charge in [0.25, 0.3) is 0 Å². The third-order valence-corrected chi connectivity index (χ3v) is 5.68. The third kappa shape index (κ3) is 1.50. The Hall–Kier alpha value is -1.06. The average molecular weight is 253 g/mol. The minimum Gasteiger partial charge on any atom is -0.481 e. The highest BCUT2D eigenvalue weighted by Crippen LogP contribution is 2.64. The quantitative estimate of drug-likeness (QED) is 0.807. The lowest BCUT2D eigenvalue weighted by molar-refractivity contribution is -0.140. The standard InChI is InChI=1S/C14H23NO3/c1-12(2)7(8(12)10(17)18)9(16)15-11-13(3,4)14(11,5)6/h7-8,11H,1-6H3,(H,15,16)(H,17,18). The van der Waals surface area contributed by atoms with Gasteiger partial charge >= 0.3 is 5.97 Å². The summed E-state index contributed by atoms with van der Waals surface area (Å²) >= 11 is 0. The minimum atomic E-state index is -0.866. The third-order valence-electron chi connectivity index (χ3n) is 5.68. The first-order chi connectivity index (χ1) is 7.95. The second kappa shape index (κ2) is 3.28. The van der Waals surface area contributed by atoms with Crippen LogP contribution in [0.1, 0.15) is 41.5 Å². The zero-order valence-electron chi connectivity index (χ0n) is 12.0. The highest BCUT2D eigenvalue weighted by molar-refractivity contribution is 5.92. The van der Waals surface area contributed by atoms with Crippen LogP contribution in [-0.4, -0.2) is 23.0 Å². The smallest absolute Gasteiger partial charge is 0.307 e. The molecule has 0 aromatic heterocycles. The van der Waals surface area contributed by atoms with Crippen molar-refractivity contribution < 1.29 is 14.7 Å². The molecule has 2 unspecified atom stereocenters. The summed E-state index contributed by atoms with van der Waals surface area (Å²) in [6.07, 6.45) is 0. The van der Waals surface area contributed by atoms with Gasteiger partial charge in [0, 0.05) is 6.04 Å². The van der Waals surface area contributed by atoms with E-state index in [4.69, 9.17) is 5.11 Å². The van der Waals surface area contributed by atoms with Crippen molar-refractivity contribution in [2.45, 2.75) is 47.6 Å². The van der Waals surface area contributed by atoms with Crippen LogP contribution in [0.15, 0.2) is 0 Å². The van der Waals surface area contributed by atoms with E-state index in [1.54, 1.807) is 0 Å². The van der Waals surface area contributed by atoms with E-state index >= 15 is 0 Å². The summed E-state index contributed by atoms with van der Waals surface area (Å²) in [5.74, 6) is -1.89. The Morgan fingerprint density at radius 1 is 0.944 bits per heavy atom. The van der Waals surface area contributed by atoms with Crippen LogP contribution in [-0.2, 0) is 9.59 Å². The molecule has 4 heteroatoms. The van der Waals surface area contributed by atoms with Crippen LogP contribution >= 0.6 is 0 Å². The van der Waals surface area contributed by atoms with Crippen LogP contribution < -0.4 is 5.32 Å². The molecule has 2 aliphatic rings. The molecule has 0 spiro atoms. The van der Waals surface area contributed by atoms with Gasteiger partial charge in [-0.15, -0.1) is 0 Å². The van der Waals surface area contributed by atoms with Gasteiger partial charge in [0.2, 0.25) is 5.91 Å². The molecular weight excluding hydrogens is 230 g/mol. The summed E-state index contributed by atoms with van der Waals surface area (Å²) in [5, 5.41) is 12.1. The maximum atomic E-state index is 12.2. The molecule has 2 N–H and O–H groups in total. The van der Waals surface area contributed by atoms with Crippen molar-refractivity contribution in [3.8, 4) is 0 Å². The molecule has 0 bridgehead atoms. The van der Waals surface area contributed by atoms with Crippen molar-refractivity contribution in [2.24, 2.45) is 28.1 Å². The zero-order chi connectivity index (χ0) is 14.1. The molecule has 2 rings (SSSR count). The van der Waals surface area contributed by atoms with E-state index in [1.807, 2.05) is 13.8 Å². The minimum absolute atomic E-state index is 0.0837. The van der Waals surface area contributed by atoms with E-state index < -0.39 is 17.3 Å². The van der Waals surface area contributed by atoms with Gasteiger partial charge in [0.1, 0.15) is 0 Å². The molecule has 18 heavy (non-hydrogen) atoms. The van der Waals surface area contributed by atoms with Crippen LogP contribution in [0.2, 0.25) is 0 Å². The van der Waals surface area contributed by atoms with Crippen molar-refractivity contribution in [2.75, 3.05) is 0 Å². The number of hydrogen-bond donors (Lipinski definition) is 2. The van der Waals surface area contributed by atoms with E-state index in [0.717, 1.165) is 0 Å². The van der Waals surface area contributed by atoms with Gasteiger partial charge in [-0.2, -0.15) is 0 Å². The Balaban J connectivity index is 2.02. The molecule has 0 aromatic rings. The van der Waals surface area contributed by atoms with Gasteiger partial charge in [0.15, 0.2) is 0 Å². The number of amides is 1. The molecule has 2 atom stereocenters. The molecule has 102 valence electrons. The Morgan fingerprint density at radius 3 is 1.67 bits per heavy atom. The SMILES string of the molecule is CC1(C)C(C(=O)O)C1C(=O)NC1C(C)(C)C1(C)C. The second-order valence-electron chi connectivity index (χ2n) is 7.50. The molecule has 0 saturated heterocycles. The molecule has 2 aliphatic carbocycles. The monoisotopic (exact) mass is 253 g/mol. The number of carbonyl (C=O) groups excluding carboxylic acids is 1. The number of nitrogens with one attached hydrogen (secondary N) is 1. The fourth-order valence-corrected chi connectivity index (χ4v) is 3.38. The topological polar surface area (TPSA) is 66.4 Å². The van der Waals surface area contributed by atoms with E-state index in [0.29, 0.717) is 0 Å². The van der Waals surface area contributed by atoms with E-state index in [-0.39, 0.29) is 28.7 Å². The van der Waals surface area contributed by atoms with Crippen molar-refractivity contribution in [3.05, 3.63) is 0 Å². The molecule has 2 saturated carbocycles. The molecule has 0 heterocycles. The van der Waals surface area contributed by atoms with Crippen LogP contribution in [0.4, 0.5) is 0 Å². The summed E-state index contributed by atoms with van der Waals surface area (Å²) < 4.78 is 0. The highest BCUT2D eigenvalue weighted by Gasteiger charge is 2.69. The van der Waals surface area contributed by atoms with Crippen LogP contribution in [0, 0.1) is 28.1 Å². The summed E-state index contributed by atoms with van der Waals surface area (Å²) in [6, 6.07) is 0.142. The van der Waals surface area contributed by atoms with E-state index in [1.165, 1.54) is 0 Å². The Kier molecular flexibility index (Phi) is 2.44. The molecule has 0 aliphatic heterocycles. The van der Waals surface area contributed by atoms with Gasteiger partial charge in [0.05, 0.1) is 11.8 Å². The number of hydrogen-bond acceptors (Lipinski definition) is 2. The lowest BCUT2D eigenvalue weighted by Crippen LogP contribution is -2.32. The second-order valence-corrected chi connectivity index (χ2v) is 7.50. The Bertz CT molecular complexity index is 409. The first-order valence-electron chi connectivity index (χ1n) is 6.49. The largest absolute Gasteiger partial charge is 0.481 e. The predicted octanol–water partition coefficient (Wildman–Crippen LogP) is 1.89. The first kappa shape index (κ1) is 13.4. The molecule has 0 aromatic carbocycles. The Labute approximate surface area is 108 Å². The summed E-state index contributed by atoms with van der Waals surface area (Å²) in [7, 11) is 0. The lowest BCUT2D eigenvalue weighted by Gasteiger charge is -2.07. The van der Waals surface area contributed by atoms with E-state index in [9.17, 15) is 9.59 Å². The van der Waals surface area contributed by atoms with Crippen LogP contribution in [0.5, 0.6) is 0 Å². The maximum Gasteiger partial charge on any atom is 0.307 e. The number of carboxylic acids is 1. The number of carboxylic acid groups (broad SMARTS) is 1. The van der Waals surface area contributed by atoms with Crippen LogP contribution in [0.25, 0.3) is 0 Å². The number of carbonyl (C=O) groups is 2. The fourth-order valence-electron chi connectivity index (χ4n) is 3.38. The normalized spacial score (nSPS) is 34.8. The molecule has 4 nitrogen and oxygen atoms in total. The van der Waals surface area contributed by atoms with Crippen molar-refractivity contribution in [1.29, 1.82) is 0 Å². The molecule has 1 amide bonds. The van der Waals surface area contributed by atoms with Crippen LogP contribution in [0.3, 0.4) is 0 Å². The summed E-state index contributed by atoms with van der Waals surface area (Å²) in [5.41, 5.74) is -0.250. The predicted molar refractivity (Wildman–Crippen MR) is 67.9 cm³/mol. The molecular formula is C14H23NO3. The summed E-state index contributed by atoms with van der Waals surface area (Å²) in [6.45, 7) is 12.2. The van der Waals surface area contributed by atoms with Gasteiger partial charge < -0.3 is 10.4 Å². The lowest BCUT2D eigenvalue weighted by atomic mass is 10.0. The number of rotatable bonds is 3. The van der Waals surface area contributed by atoms with Gasteiger partial charge in [-0.05, 0) is 16.2 Å². The first-order valence-corrected chi connectivity index (χ1v) is 6.49. The van der Waals surface area contributed by atoms with E-state index in [2.05, 4.69) is 33.0 Å². The van der Waals surface area contributed by atoms with Gasteiger partial charge in [-0.25, -0.2) is 0 Å². The maximum absolute atomic E-state index is 12.2. The zero-order valence-corrected chi connectivity index (χ0v) is 12.0. The van der Waals surface area contributed by atoms with Gasteiger partial charge in [-0.3, -0.25) is 9.59 Å². The number of aliphatic carboxylic acids is 1. The average Bonchev–Trinajstić information content (AvgIpc) is 2.88. The Morgan fingerprint density at radius 2 is 1.39 bits per heavy atom.